The van der Waals surface area contributed by atoms with E-state index in [1.54, 1.807) is 0 Å². The average molecular weight is 247 g/mol. The fraction of sp³-hybridized carbons (Fsp3) is 0.533. The smallest absolute Gasteiger partial charge is 0.133 e. The lowest BCUT2D eigenvalue weighted by Gasteiger charge is -2.44. The molecule has 3 nitrogen and oxygen atoms in total. The predicted octanol–water partition coefficient (Wildman–Crippen LogP) is 0.978. The number of likely N-dealkylation sites (N-methyl/N-ethyl adjacent to an activating group) is 1. The van der Waals surface area contributed by atoms with Crippen LogP contribution in [0.4, 0.5) is 0 Å². The summed E-state index contributed by atoms with van der Waals surface area (Å²) < 4.78 is 0.622. The van der Waals surface area contributed by atoms with Gasteiger partial charge in [-0.05, 0) is 24.8 Å². The number of likely N-dealkylation sites (tertiary alicyclic amines) is 1. The Morgan fingerprint density at radius 3 is 2.39 bits per heavy atom. The molecule has 3 heteroatoms. The van der Waals surface area contributed by atoms with Crippen LogP contribution in [0.3, 0.4) is 0 Å². The van der Waals surface area contributed by atoms with Gasteiger partial charge in [-0.15, -0.1) is 0 Å². The van der Waals surface area contributed by atoms with E-state index in [0.717, 1.165) is 31.5 Å². The van der Waals surface area contributed by atoms with Crippen molar-refractivity contribution in [3.8, 4) is 0 Å². The number of carbonyl (C=O) groups is 1. The molecule has 0 amide bonds. The lowest BCUT2D eigenvalue weighted by atomic mass is 9.99. The van der Waals surface area contributed by atoms with Crippen LogP contribution in [0, 0.1) is 0 Å². The Bertz CT molecular complexity index is 396. The first-order chi connectivity index (χ1) is 8.62. The molecule has 0 aromatic heterocycles. The summed E-state index contributed by atoms with van der Waals surface area (Å²) in [6, 6.07) is 9.43. The molecule has 1 aromatic rings. The summed E-state index contributed by atoms with van der Waals surface area (Å²) in [4.78, 5) is 11.5. The van der Waals surface area contributed by atoms with Crippen LogP contribution in [0.2, 0.25) is 0 Å². The summed E-state index contributed by atoms with van der Waals surface area (Å²) >= 11 is 0. The molecule has 0 bridgehead atoms. The molecule has 1 saturated heterocycles. The molecule has 0 spiro atoms. The van der Waals surface area contributed by atoms with Crippen molar-refractivity contribution in [3.63, 3.8) is 0 Å². The lowest BCUT2D eigenvalue weighted by molar-refractivity contribution is -0.931. The molecule has 0 saturated carbocycles. The number of benzene rings is 1. The topological polar surface area (TPSA) is 40.1 Å². The van der Waals surface area contributed by atoms with Gasteiger partial charge in [0.1, 0.15) is 6.04 Å². The molecular formula is C15H21NO2. The van der Waals surface area contributed by atoms with Crippen molar-refractivity contribution in [2.45, 2.75) is 31.7 Å². The number of carbonyl (C=O) groups excluding carboxylic acids is 1. The van der Waals surface area contributed by atoms with Crippen LogP contribution in [0.25, 0.3) is 0 Å². The van der Waals surface area contributed by atoms with Crippen molar-refractivity contribution in [2.75, 3.05) is 20.1 Å². The van der Waals surface area contributed by atoms with Gasteiger partial charge in [0, 0.05) is 6.42 Å². The van der Waals surface area contributed by atoms with E-state index in [1.807, 2.05) is 30.3 Å². The molecule has 1 aliphatic heterocycles. The van der Waals surface area contributed by atoms with Crippen molar-refractivity contribution < 1.29 is 14.4 Å². The minimum atomic E-state index is -0.914. The Morgan fingerprint density at radius 2 is 1.83 bits per heavy atom. The maximum absolute atomic E-state index is 11.5. The second kappa shape index (κ2) is 5.53. The molecule has 0 aliphatic carbocycles. The summed E-state index contributed by atoms with van der Waals surface area (Å²) in [6.07, 6.45) is 4.03. The summed E-state index contributed by atoms with van der Waals surface area (Å²) in [5.74, 6) is -0.914. The Balaban J connectivity index is 2.15. The fourth-order valence-corrected chi connectivity index (χ4v) is 2.94. The molecule has 1 atom stereocenters. The van der Waals surface area contributed by atoms with E-state index in [1.165, 1.54) is 6.42 Å². The number of hydrogen-bond donors (Lipinski definition) is 0. The van der Waals surface area contributed by atoms with Crippen LogP contribution >= 0.6 is 0 Å². The van der Waals surface area contributed by atoms with Crippen molar-refractivity contribution >= 4 is 5.97 Å². The summed E-state index contributed by atoms with van der Waals surface area (Å²) in [5, 5.41) is 11.5. The first-order valence-corrected chi connectivity index (χ1v) is 6.71. The molecule has 1 fully saturated rings. The Kier molecular flexibility index (Phi) is 4.02. The van der Waals surface area contributed by atoms with Gasteiger partial charge < -0.3 is 14.4 Å². The van der Waals surface area contributed by atoms with Gasteiger partial charge in [-0.3, -0.25) is 0 Å². The van der Waals surface area contributed by atoms with Crippen LogP contribution in [0.5, 0.6) is 0 Å². The van der Waals surface area contributed by atoms with E-state index in [2.05, 4.69) is 7.05 Å². The third kappa shape index (κ3) is 2.91. The van der Waals surface area contributed by atoms with E-state index < -0.39 is 12.0 Å². The number of quaternary nitrogens is 1. The number of hydrogen-bond acceptors (Lipinski definition) is 2. The van der Waals surface area contributed by atoms with Crippen molar-refractivity contribution in [3.05, 3.63) is 35.9 Å². The van der Waals surface area contributed by atoms with Gasteiger partial charge in [-0.25, -0.2) is 0 Å². The third-order valence-corrected chi connectivity index (χ3v) is 4.13. The zero-order chi connectivity index (χ0) is 13.0. The Hall–Kier alpha value is -1.35. The van der Waals surface area contributed by atoms with Crippen LogP contribution in [-0.4, -0.2) is 36.6 Å². The zero-order valence-electron chi connectivity index (χ0n) is 11.0. The van der Waals surface area contributed by atoms with Crippen molar-refractivity contribution in [2.24, 2.45) is 0 Å². The highest BCUT2D eigenvalue weighted by molar-refractivity contribution is 5.70. The van der Waals surface area contributed by atoms with E-state index in [0.29, 0.717) is 10.9 Å². The van der Waals surface area contributed by atoms with Crippen molar-refractivity contribution in [1.29, 1.82) is 0 Å². The van der Waals surface area contributed by atoms with Gasteiger partial charge >= 0.3 is 0 Å². The molecule has 0 unspecified atom stereocenters. The summed E-state index contributed by atoms with van der Waals surface area (Å²) in [7, 11) is 2.06. The second-order valence-corrected chi connectivity index (χ2v) is 5.51. The molecule has 18 heavy (non-hydrogen) atoms. The van der Waals surface area contributed by atoms with Crippen molar-refractivity contribution in [1.82, 2.24) is 0 Å². The first-order valence-electron chi connectivity index (χ1n) is 6.71. The van der Waals surface area contributed by atoms with Gasteiger partial charge in [0.15, 0.2) is 0 Å². The zero-order valence-corrected chi connectivity index (χ0v) is 11.0. The van der Waals surface area contributed by atoms with Crippen LogP contribution in [0.15, 0.2) is 30.3 Å². The van der Waals surface area contributed by atoms with E-state index in [9.17, 15) is 9.90 Å². The van der Waals surface area contributed by atoms with Gasteiger partial charge in [0.2, 0.25) is 0 Å². The van der Waals surface area contributed by atoms with E-state index in [-0.39, 0.29) is 0 Å². The minimum absolute atomic E-state index is 0.423. The van der Waals surface area contributed by atoms with Gasteiger partial charge in [-0.1, -0.05) is 30.3 Å². The van der Waals surface area contributed by atoms with Crippen LogP contribution in [-0.2, 0) is 11.2 Å². The monoisotopic (exact) mass is 247 g/mol. The lowest BCUT2D eigenvalue weighted by Crippen LogP contribution is -2.62. The molecule has 1 heterocycles. The van der Waals surface area contributed by atoms with Gasteiger partial charge in [-0.2, -0.15) is 0 Å². The minimum Gasteiger partial charge on any atom is -0.544 e. The highest BCUT2D eigenvalue weighted by atomic mass is 16.4. The number of piperidine rings is 1. The normalized spacial score (nSPS) is 20.3. The maximum atomic E-state index is 11.5. The highest BCUT2D eigenvalue weighted by Crippen LogP contribution is 2.22. The number of carboxylic acids is 1. The molecule has 0 radical (unpaired) electrons. The molecule has 1 aliphatic rings. The van der Waals surface area contributed by atoms with Gasteiger partial charge in [0.05, 0.1) is 26.1 Å². The molecule has 2 rings (SSSR count). The first kappa shape index (κ1) is 13.1. The van der Waals surface area contributed by atoms with E-state index >= 15 is 0 Å². The largest absolute Gasteiger partial charge is 0.544 e. The fourth-order valence-electron chi connectivity index (χ4n) is 2.94. The summed E-state index contributed by atoms with van der Waals surface area (Å²) in [6.45, 7) is 1.90. The molecular weight excluding hydrogens is 226 g/mol. The number of aliphatic carboxylic acids is 1. The predicted molar refractivity (Wildman–Crippen MR) is 68.7 cm³/mol. The number of nitrogens with zero attached hydrogens (tertiary/aromatic N) is 1. The Labute approximate surface area is 109 Å². The van der Waals surface area contributed by atoms with Gasteiger partial charge in [0.25, 0.3) is 0 Å². The second-order valence-electron chi connectivity index (χ2n) is 5.51. The molecule has 98 valence electrons. The quantitative estimate of drug-likeness (QED) is 0.744. The van der Waals surface area contributed by atoms with E-state index in [4.69, 9.17) is 0 Å². The summed E-state index contributed by atoms with van der Waals surface area (Å²) in [5.41, 5.74) is 1.08. The standard InChI is InChI=1S/C15H21NO2/c1-16(10-6-3-7-11-16)14(15(17)18)12-13-8-4-2-5-9-13/h2,4-5,8-9,14H,3,6-7,10-12H2,1H3/t14-/m1/s1. The average Bonchev–Trinajstić information content (AvgIpc) is 2.37. The van der Waals surface area contributed by atoms with Crippen LogP contribution < -0.4 is 5.11 Å². The maximum Gasteiger partial charge on any atom is 0.133 e. The highest BCUT2D eigenvalue weighted by Gasteiger charge is 2.35. The SMILES string of the molecule is C[N+]1([C@H](Cc2ccccc2)C(=O)[O-])CCCCC1. The molecule has 0 N–H and O–H groups in total. The Morgan fingerprint density at radius 1 is 1.22 bits per heavy atom. The molecule has 1 aromatic carbocycles. The number of rotatable bonds is 4. The third-order valence-electron chi connectivity index (χ3n) is 4.13. The number of carboxylic acid groups (broad SMARTS) is 1. The van der Waals surface area contributed by atoms with Crippen LogP contribution in [0.1, 0.15) is 24.8 Å².